The SMILES string of the molecule is CCOC(=O)C1=CN(C(=O)c2ccc(F)cc2)CCc2c1[nH]c1c(F)cccc21. The van der Waals surface area contributed by atoms with Gasteiger partial charge in [0.1, 0.15) is 11.6 Å². The topological polar surface area (TPSA) is 62.4 Å². The summed E-state index contributed by atoms with van der Waals surface area (Å²) in [7, 11) is 0. The minimum Gasteiger partial charge on any atom is -0.462 e. The lowest BCUT2D eigenvalue weighted by atomic mass is 10.0. The standard InChI is InChI=1S/C22H18F2N2O3/c1-2-29-22(28)17-12-26(21(27)13-6-8-14(23)9-7-13)11-10-16-15-4-3-5-18(24)20(15)25-19(16)17/h3-9,12,25H,2,10-11H2,1H3. The van der Waals surface area contributed by atoms with Crippen LogP contribution in [-0.2, 0) is 16.0 Å². The van der Waals surface area contributed by atoms with Crippen molar-refractivity contribution >= 4 is 28.4 Å². The molecular weight excluding hydrogens is 378 g/mol. The number of para-hydroxylation sites is 1. The highest BCUT2D eigenvalue weighted by Crippen LogP contribution is 2.32. The minimum absolute atomic E-state index is 0.144. The van der Waals surface area contributed by atoms with Gasteiger partial charge in [-0.05, 0) is 49.2 Å². The van der Waals surface area contributed by atoms with Crippen molar-refractivity contribution in [1.82, 2.24) is 9.88 Å². The Bertz CT molecular complexity index is 1130. The number of benzene rings is 2. The van der Waals surface area contributed by atoms with Gasteiger partial charge in [-0.15, -0.1) is 0 Å². The quantitative estimate of drug-likeness (QED) is 0.680. The third kappa shape index (κ3) is 3.40. The number of hydrogen-bond acceptors (Lipinski definition) is 3. The van der Waals surface area contributed by atoms with E-state index in [2.05, 4.69) is 4.98 Å². The van der Waals surface area contributed by atoms with Crippen molar-refractivity contribution in [1.29, 1.82) is 0 Å². The second-order valence-corrected chi connectivity index (χ2v) is 6.66. The first kappa shape index (κ1) is 18.9. The first-order valence-electron chi connectivity index (χ1n) is 9.24. The van der Waals surface area contributed by atoms with Gasteiger partial charge >= 0.3 is 5.97 Å². The van der Waals surface area contributed by atoms with Crippen molar-refractivity contribution in [3.8, 4) is 0 Å². The number of ether oxygens (including phenoxy) is 1. The molecule has 1 aromatic heterocycles. The van der Waals surface area contributed by atoms with Crippen molar-refractivity contribution in [2.24, 2.45) is 0 Å². The van der Waals surface area contributed by atoms with Crippen LogP contribution >= 0.6 is 0 Å². The largest absolute Gasteiger partial charge is 0.462 e. The van der Waals surface area contributed by atoms with E-state index in [4.69, 9.17) is 4.74 Å². The molecule has 0 unspecified atom stereocenters. The Kier molecular flexibility index (Phi) is 4.88. The molecule has 1 amide bonds. The lowest BCUT2D eigenvalue weighted by molar-refractivity contribution is -0.136. The minimum atomic E-state index is -0.612. The van der Waals surface area contributed by atoms with E-state index in [1.165, 1.54) is 41.4 Å². The Morgan fingerprint density at radius 3 is 2.62 bits per heavy atom. The van der Waals surface area contributed by atoms with Crippen LogP contribution in [0, 0.1) is 11.6 Å². The second kappa shape index (κ2) is 7.50. The van der Waals surface area contributed by atoms with Crippen LogP contribution in [0.5, 0.6) is 0 Å². The average Bonchev–Trinajstić information content (AvgIpc) is 2.97. The number of H-pyrrole nitrogens is 1. The molecule has 1 N–H and O–H groups in total. The van der Waals surface area contributed by atoms with E-state index < -0.39 is 17.6 Å². The third-order valence-electron chi connectivity index (χ3n) is 4.89. The second-order valence-electron chi connectivity index (χ2n) is 6.66. The Morgan fingerprint density at radius 2 is 1.90 bits per heavy atom. The van der Waals surface area contributed by atoms with Crippen molar-refractivity contribution in [2.45, 2.75) is 13.3 Å². The van der Waals surface area contributed by atoms with E-state index in [-0.39, 0.29) is 24.6 Å². The van der Waals surface area contributed by atoms with Crippen LogP contribution in [0.25, 0.3) is 16.5 Å². The molecule has 0 bridgehead atoms. The third-order valence-corrected chi connectivity index (χ3v) is 4.89. The molecule has 29 heavy (non-hydrogen) atoms. The lowest BCUT2D eigenvalue weighted by Crippen LogP contribution is -2.28. The number of hydrogen-bond donors (Lipinski definition) is 1. The molecule has 2 aromatic carbocycles. The molecule has 0 radical (unpaired) electrons. The predicted octanol–water partition coefficient (Wildman–Crippen LogP) is 4.05. The molecule has 4 rings (SSSR count). The van der Waals surface area contributed by atoms with Gasteiger partial charge in [-0.1, -0.05) is 12.1 Å². The fourth-order valence-corrected chi connectivity index (χ4v) is 3.53. The zero-order chi connectivity index (χ0) is 20.5. The van der Waals surface area contributed by atoms with Gasteiger partial charge < -0.3 is 14.6 Å². The smallest absolute Gasteiger partial charge is 0.341 e. The van der Waals surface area contributed by atoms with E-state index in [1.54, 1.807) is 19.1 Å². The van der Waals surface area contributed by atoms with E-state index in [1.807, 2.05) is 0 Å². The summed E-state index contributed by atoms with van der Waals surface area (Å²) in [6, 6.07) is 9.92. The van der Waals surface area contributed by atoms with E-state index >= 15 is 0 Å². The molecule has 2 heterocycles. The van der Waals surface area contributed by atoms with Crippen LogP contribution in [-0.4, -0.2) is 34.9 Å². The number of esters is 1. The fraction of sp³-hybridized carbons (Fsp3) is 0.182. The predicted molar refractivity (Wildman–Crippen MR) is 104 cm³/mol. The molecule has 1 aliphatic heterocycles. The van der Waals surface area contributed by atoms with Gasteiger partial charge in [-0.3, -0.25) is 4.79 Å². The number of carbonyl (C=O) groups is 2. The van der Waals surface area contributed by atoms with E-state index in [9.17, 15) is 18.4 Å². The summed E-state index contributed by atoms with van der Waals surface area (Å²) in [4.78, 5) is 29.9. The van der Waals surface area contributed by atoms with Gasteiger partial charge in [0.25, 0.3) is 5.91 Å². The molecule has 0 fully saturated rings. The van der Waals surface area contributed by atoms with Crippen LogP contribution < -0.4 is 0 Å². The highest BCUT2D eigenvalue weighted by molar-refractivity contribution is 6.18. The summed E-state index contributed by atoms with van der Waals surface area (Å²) in [5.41, 5.74) is 1.94. The number of aromatic nitrogens is 1. The van der Waals surface area contributed by atoms with Crippen LogP contribution in [0.3, 0.4) is 0 Å². The van der Waals surface area contributed by atoms with E-state index in [0.29, 0.717) is 28.6 Å². The molecule has 5 nitrogen and oxygen atoms in total. The highest BCUT2D eigenvalue weighted by Gasteiger charge is 2.28. The fourth-order valence-electron chi connectivity index (χ4n) is 3.53. The van der Waals surface area contributed by atoms with E-state index in [0.717, 1.165) is 5.56 Å². The molecular formula is C22H18F2N2O3. The normalized spacial score (nSPS) is 13.6. The molecule has 0 atom stereocenters. The van der Waals surface area contributed by atoms with Crippen LogP contribution in [0.2, 0.25) is 0 Å². The van der Waals surface area contributed by atoms with Crippen molar-refractivity contribution < 1.29 is 23.1 Å². The molecule has 7 heteroatoms. The summed E-state index contributed by atoms with van der Waals surface area (Å²) in [5.74, 6) is -1.84. The molecule has 0 aliphatic carbocycles. The summed E-state index contributed by atoms with van der Waals surface area (Å²) >= 11 is 0. The maximum atomic E-state index is 14.2. The average molecular weight is 396 g/mol. The van der Waals surface area contributed by atoms with Crippen LogP contribution in [0.15, 0.2) is 48.7 Å². The summed E-state index contributed by atoms with van der Waals surface area (Å²) in [5, 5.41) is 0.659. The maximum absolute atomic E-state index is 14.2. The van der Waals surface area contributed by atoms with Gasteiger partial charge in [0.05, 0.1) is 23.4 Å². The summed E-state index contributed by atoms with van der Waals surface area (Å²) < 4.78 is 32.6. The zero-order valence-corrected chi connectivity index (χ0v) is 15.7. The molecule has 1 aliphatic rings. The van der Waals surface area contributed by atoms with Crippen molar-refractivity contribution in [3.63, 3.8) is 0 Å². The maximum Gasteiger partial charge on any atom is 0.341 e. The number of halogens is 2. The summed E-state index contributed by atoms with van der Waals surface area (Å²) in [6.07, 6.45) is 1.83. The number of nitrogens with one attached hydrogen (secondary N) is 1. The molecule has 148 valence electrons. The van der Waals surface area contributed by atoms with Crippen LogP contribution in [0.1, 0.15) is 28.5 Å². The molecule has 0 saturated carbocycles. The number of rotatable bonds is 3. The Hall–Kier alpha value is -3.48. The lowest BCUT2D eigenvalue weighted by Gasteiger charge is -2.18. The van der Waals surface area contributed by atoms with Crippen molar-refractivity contribution in [2.75, 3.05) is 13.2 Å². The molecule has 3 aromatic rings. The Labute approximate surface area is 165 Å². The Balaban J connectivity index is 1.81. The van der Waals surface area contributed by atoms with Gasteiger partial charge in [0.15, 0.2) is 0 Å². The number of aromatic amines is 1. The first-order valence-corrected chi connectivity index (χ1v) is 9.24. The van der Waals surface area contributed by atoms with Crippen LogP contribution in [0.4, 0.5) is 8.78 Å². The number of fused-ring (bicyclic) bond motifs is 3. The first-order chi connectivity index (χ1) is 14.0. The Morgan fingerprint density at radius 1 is 1.14 bits per heavy atom. The van der Waals surface area contributed by atoms with Gasteiger partial charge in [0.2, 0.25) is 0 Å². The number of amides is 1. The van der Waals surface area contributed by atoms with Gasteiger partial charge in [0, 0.05) is 23.7 Å². The number of nitrogens with zero attached hydrogens (tertiary/aromatic N) is 1. The molecule has 0 saturated heterocycles. The van der Waals surface area contributed by atoms with Crippen molar-refractivity contribution in [3.05, 3.63) is 77.1 Å². The highest BCUT2D eigenvalue weighted by atomic mass is 19.1. The molecule has 0 spiro atoms. The van der Waals surface area contributed by atoms with Gasteiger partial charge in [-0.2, -0.15) is 0 Å². The summed E-state index contributed by atoms with van der Waals surface area (Å²) in [6.45, 7) is 2.12. The number of carbonyl (C=O) groups excluding carboxylic acids is 2. The zero-order valence-electron chi connectivity index (χ0n) is 15.7. The van der Waals surface area contributed by atoms with Gasteiger partial charge in [-0.25, -0.2) is 13.6 Å². The monoisotopic (exact) mass is 396 g/mol.